The van der Waals surface area contributed by atoms with Crippen molar-refractivity contribution in [2.24, 2.45) is 0 Å². The van der Waals surface area contributed by atoms with Crippen molar-refractivity contribution in [1.82, 2.24) is 9.19 Å². The molecule has 3 N–H and O–H groups in total. The van der Waals surface area contributed by atoms with E-state index in [1.807, 2.05) is 0 Å². The number of rotatable bonds is 3. The highest BCUT2D eigenvalue weighted by atomic mass is 32.2. The molecule has 0 atom stereocenters. The van der Waals surface area contributed by atoms with Crippen molar-refractivity contribution in [2.45, 2.75) is 4.90 Å². The summed E-state index contributed by atoms with van der Waals surface area (Å²) in [5, 5.41) is 2.13. The van der Waals surface area contributed by atoms with E-state index in [0.717, 1.165) is 6.07 Å². The molecule has 0 saturated heterocycles. The maximum Gasteiger partial charge on any atom is 0.283 e. The number of aromatic nitrogens is 2. The SMILES string of the molecule is COc1ccc(S(=O)(=O)n2[nH]c(=O)cc2N)cc1. The van der Waals surface area contributed by atoms with E-state index in [1.54, 1.807) is 0 Å². The normalized spacial score (nSPS) is 11.4. The van der Waals surface area contributed by atoms with Gasteiger partial charge in [-0.3, -0.25) is 4.79 Å². The van der Waals surface area contributed by atoms with Crippen molar-refractivity contribution in [3.05, 3.63) is 40.7 Å². The van der Waals surface area contributed by atoms with Gasteiger partial charge in [-0.2, -0.15) is 12.5 Å². The number of hydrogen-bond donors (Lipinski definition) is 2. The molecule has 96 valence electrons. The molecular formula is C10H11N3O4S. The van der Waals surface area contributed by atoms with Gasteiger partial charge in [0.15, 0.2) is 0 Å². The number of H-pyrrole nitrogens is 1. The molecule has 1 heterocycles. The standard InChI is InChI=1S/C10H11N3O4S/c1-17-7-2-4-8(5-3-7)18(15,16)13-9(11)6-10(14)12-13/h2-6H,11H2,1H3,(H,12,14). The molecule has 0 unspecified atom stereocenters. The minimum absolute atomic E-state index is 0.00171. The van der Waals surface area contributed by atoms with E-state index in [9.17, 15) is 13.2 Å². The zero-order valence-electron chi connectivity index (χ0n) is 9.45. The Morgan fingerprint density at radius 1 is 1.28 bits per heavy atom. The van der Waals surface area contributed by atoms with Gasteiger partial charge < -0.3 is 10.5 Å². The van der Waals surface area contributed by atoms with E-state index in [0.29, 0.717) is 9.84 Å². The Labute approximate surface area is 103 Å². The molecule has 0 aliphatic rings. The Balaban J connectivity index is 2.54. The smallest absolute Gasteiger partial charge is 0.283 e. The molecule has 0 spiro atoms. The van der Waals surface area contributed by atoms with Gasteiger partial charge in [-0.15, -0.1) is 0 Å². The van der Waals surface area contributed by atoms with Crippen LogP contribution in [0.1, 0.15) is 0 Å². The minimum atomic E-state index is -3.89. The summed E-state index contributed by atoms with van der Waals surface area (Å²) in [4.78, 5) is 11.1. The van der Waals surface area contributed by atoms with Gasteiger partial charge in [0.2, 0.25) is 0 Å². The Morgan fingerprint density at radius 3 is 2.33 bits per heavy atom. The highest BCUT2D eigenvalue weighted by Crippen LogP contribution is 2.18. The lowest BCUT2D eigenvalue weighted by Crippen LogP contribution is -2.18. The number of nitrogen functional groups attached to an aromatic ring is 1. The Bertz CT molecular complexity index is 712. The Morgan fingerprint density at radius 2 is 1.89 bits per heavy atom. The number of anilines is 1. The summed E-state index contributed by atoms with van der Waals surface area (Å²) in [5.41, 5.74) is 4.87. The van der Waals surface area contributed by atoms with Gasteiger partial charge in [-0.1, -0.05) is 0 Å². The fourth-order valence-electron chi connectivity index (χ4n) is 1.44. The summed E-state index contributed by atoms with van der Waals surface area (Å²) in [6, 6.07) is 6.74. The van der Waals surface area contributed by atoms with Gasteiger partial charge in [0, 0.05) is 6.07 Å². The van der Waals surface area contributed by atoms with Crippen LogP contribution in [-0.2, 0) is 10.0 Å². The zero-order chi connectivity index (χ0) is 13.3. The molecule has 0 saturated carbocycles. The van der Waals surface area contributed by atoms with Crippen LogP contribution < -0.4 is 16.0 Å². The summed E-state index contributed by atoms with van der Waals surface area (Å²) in [7, 11) is -2.42. The van der Waals surface area contributed by atoms with Crippen molar-refractivity contribution in [1.29, 1.82) is 0 Å². The maximum absolute atomic E-state index is 12.1. The molecule has 0 amide bonds. The van der Waals surface area contributed by atoms with Crippen molar-refractivity contribution in [2.75, 3.05) is 12.8 Å². The predicted octanol–water partition coefficient (Wildman–Crippen LogP) is 0.00420. The third-order valence-electron chi connectivity index (χ3n) is 2.32. The summed E-state index contributed by atoms with van der Waals surface area (Å²) >= 11 is 0. The lowest BCUT2D eigenvalue weighted by atomic mass is 10.3. The third-order valence-corrected chi connectivity index (χ3v) is 3.97. The molecule has 7 nitrogen and oxygen atoms in total. The molecule has 0 bridgehead atoms. The summed E-state index contributed by atoms with van der Waals surface area (Å²) in [6.07, 6.45) is 0. The largest absolute Gasteiger partial charge is 0.497 e. The van der Waals surface area contributed by atoms with Crippen molar-refractivity contribution < 1.29 is 13.2 Å². The molecule has 8 heteroatoms. The molecular weight excluding hydrogens is 258 g/mol. The monoisotopic (exact) mass is 269 g/mol. The average molecular weight is 269 g/mol. The third kappa shape index (κ3) is 1.97. The molecule has 0 aliphatic carbocycles. The van der Waals surface area contributed by atoms with Crippen LogP contribution in [0.5, 0.6) is 5.75 Å². The topological polar surface area (TPSA) is 107 Å². The zero-order valence-corrected chi connectivity index (χ0v) is 10.3. The van der Waals surface area contributed by atoms with Gasteiger partial charge in [-0.05, 0) is 24.3 Å². The van der Waals surface area contributed by atoms with Crippen LogP contribution in [0, 0.1) is 0 Å². The van der Waals surface area contributed by atoms with Gasteiger partial charge in [0.05, 0.1) is 12.0 Å². The molecule has 0 fully saturated rings. The van der Waals surface area contributed by atoms with E-state index in [1.165, 1.54) is 31.4 Å². The molecule has 2 aromatic rings. The predicted molar refractivity (Wildman–Crippen MR) is 65.0 cm³/mol. The maximum atomic E-state index is 12.1. The minimum Gasteiger partial charge on any atom is -0.497 e. The van der Waals surface area contributed by atoms with E-state index >= 15 is 0 Å². The summed E-state index contributed by atoms with van der Waals surface area (Å²) < 4.78 is 29.8. The van der Waals surface area contributed by atoms with Crippen LogP contribution in [0.4, 0.5) is 5.82 Å². The first-order valence-corrected chi connectivity index (χ1v) is 6.36. The van der Waals surface area contributed by atoms with Gasteiger partial charge in [0.25, 0.3) is 15.6 Å². The van der Waals surface area contributed by atoms with Crippen molar-refractivity contribution in [3.8, 4) is 5.75 Å². The van der Waals surface area contributed by atoms with Crippen molar-refractivity contribution >= 4 is 15.8 Å². The van der Waals surface area contributed by atoms with Crippen LogP contribution in [0.2, 0.25) is 0 Å². The summed E-state index contributed by atoms with van der Waals surface area (Å²) in [5.74, 6) is 0.360. The Kier molecular flexibility index (Phi) is 2.87. The van der Waals surface area contributed by atoms with E-state index in [-0.39, 0.29) is 10.7 Å². The molecule has 1 aromatic carbocycles. The highest BCUT2D eigenvalue weighted by Gasteiger charge is 2.19. The number of benzene rings is 1. The van der Waals surface area contributed by atoms with Crippen molar-refractivity contribution in [3.63, 3.8) is 0 Å². The number of ether oxygens (including phenoxy) is 1. The van der Waals surface area contributed by atoms with Crippen LogP contribution in [0.3, 0.4) is 0 Å². The van der Waals surface area contributed by atoms with Crippen LogP contribution >= 0.6 is 0 Å². The molecule has 2 rings (SSSR count). The fourth-order valence-corrected chi connectivity index (χ4v) is 2.67. The van der Waals surface area contributed by atoms with E-state index < -0.39 is 15.6 Å². The Hall–Kier alpha value is -2.22. The van der Waals surface area contributed by atoms with E-state index in [2.05, 4.69) is 5.10 Å². The number of hydrogen-bond acceptors (Lipinski definition) is 5. The number of nitrogens with two attached hydrogens (primary N) is 1. The van der Waals surface area contributed by atoms with Crippen LogP contribution in [-0.4, -0.2) is 24.7 Å². The van der Waals surface area contributed by atoms with Crippen LogP contribution in [0.15, 0.2) is 40.0 Å². The second-order valence-corrected chi connectivity index (χ2v) is 5.28. The number of nitrogens with one attached hydrogen (secondary N) is 1. The van der Waals surface area contributed by atoms with Crippen LogP contribution in [0.25, 0.3) is 0 Å². The average Bonchev–Trinajstić information content (AvgIpc) is 2.69. The van der Waals surface area contributed by atoms with E-state index in [4.69, 9.17) is 10.5 Å². The first-order chi connectivity index (χ1) is 8.45. The molecule has 0 radical (unpaired) electrons. The highest BCUT2D eigenvalue weighted by molar-refractivity contribution is 7.90. The number of nitrogens with zero attached hydrogens (tertiary/aromatic N) is 1. The molecule has 1 aromatic heterocycles. The number of methoxy groups -OCH3 is 1. The molecule has 0 aliphatic heterocycles. The van der Waals surface area contributed by atoms with Gasteiger partial charge >= 0.3 is 0 Å². The second kappa shape index (κ2) is 4.22. The lowest BCUT2D eigenvalue weighted by Gasteiger charge is -2.07. The first-order valence-electron chi connectivity index (χ1n) is 4.92. The lowest BCUT2D eigenvalue weighted by molar-refractivity contribution is 0.414. The number of aromatic amines is 1. The van der Waals surface area contributed by atoms with Gasteiger partial charge in [0.1, 0.15) is 11.6 Å². The first kappa shape index (κ1) is 12.2. The molecule has 18 heavy (non-hydrogen) atoms. The summed E-state index contributed by atoms with van der Waals surface area (Å²) in [6.45, 7) is 0. The quantitative estimate of drug-likeness (QED) is 0.815. The van der Waals surface area contributed by atoms with Gasteiger partial charge in [-0.25, -0.2) is 5.10 Å². The second-order valence-electron chi connectivity index (χ2n) is 3.49. The fraction of sp³-hybridized carbons (Fsp3) is 0.100.